The molecular weight excluding hydrogens is 268 g/mol. The predicted molar refractivity (Wildman–Crippen MR) is 87.3 cm³/mol. The second-order valence-electron chi connectivity index (χ2n) is 5.61. The number of ether oxygens (including phenoxy) is 1. The Morgan fingerprint density at radius 1 is 1.30 bits per heavy atom. The molecule has 1 saturated heterocycles. The van der Waals surface area contributed by atoms with Crippen molar-refractivity contribution < 1.29 is 4.74 Å². The summed E-state index contributed by atoms with van der Waals surface area (Å²) in [6.07, 6.45) is 3.74. The maximum absolute atomic E-state index is 5.74. The average molecular weight is 292 g/mol. The minimum Gasteiger partial charge on any atom is -0.494 e. The zero-order valence-corrected chi connectivity index (χ0v) is 13.0. The van der Waals surface area contributed by atoms with E-state index < -0.39 is 0 Å². The lowest BCUT2D eigenvalue weighted by Gasteiger charge is -2.30. The van der Waals surface area contributed by atoms with Crippen LogP contribution in [0.2, 0.25) is 0 Å². The molecule has 0 saturated carbocycles. The van der Waals surface area contributed by atoms with Gasteiger partial charge in [0.1, 0.15) is 10.7 Å². The number of rotatable bonds is 6. The van der Waals surface area contributed by atoms with Crippen LogP contribution in [0.4, 0.5) is 0 Å². The molecule has 1 fully saturated rings. The van der Waals surface area contributed by atoms with Crippen molar-refractivity contribution in [3.8, 4) is 5.75 Å². The molecule has 20 heavy (non-hydrogen) atoms. The number of hydrogen-bond acceptors (Lipinski definition) is 3. The molecule has 1 aromatic carbocycles. The molecule has 1 aromatic rings. The lowest BCUT2D eigenvalue weighted by atomic mass is 9.99. The Morgan fingerprint density at radius 3 is 2.55 bits per heavy atom. The van der Waals surface area contributed by atoms with Gasteiger partial charge in [-0.1, -0.05) is 19.1 Å². The van der Waals surface area contributed by atoms with Gasteiger partial charge in [-0.15, -0.1) is 0 Å². The minimum atomic E-state index is 0.427. The molecule has 3 nitrogen and oxygen atoms in total. The van der Waals surface area contributed by atoms with Gasteiger partial charge in [0.05, 0.1) is 6.61 Å². The lowest BCUT2D eigenvalue weighted by molar-refractivity contribution is 0.177. The molecule has 1 aliphatic rings. The van der Waals surface area contributed by atoms with E-state index >= 15 is 0 Å². The second kappa shape index (κ2) is 7.60. The van der Waals surface area contributed by atoms with Gasteiger partial charge in [-0.2, -0.15) is 0 Å². The maximum atomic E-state index is 5.74. The van der Waals surface area contributed by atoms with E-state index in [9.17, 15) is 0 Å². The molecule has 0 aliphatic carbocycles. The average Bonchev–Trinajstić information content (AvgIpc) is 2.46. The maximum Gasteiger partial charge on any atom is 0.119 e. The smallest absolute Gasteiger partial charge is 0.119 e. The molecule has 110 valence electrons. The third-order valence-corrected chi connectivity index (χ3v) is 4.14. The molecule has 0 bridgehead atoms. The Morgan fingerprint density at radius 2 is 1.95 bits per heavy atom. The Bertz CT molecular complexity index is 425. The van der Waals surface area contributed by atoms with Crippen molar-refractivity contribution in [1.82, 2.24) is 4.90 Å². The summed E-state index contributed by atoms with van der Waals surface area (Å²) in [6, 6.07) is 7.67. The summed E-state index contributed by atoms with van der Waals surface area (Å²) in [4.78, 5) is 2.97. The van der Waals surface area contributed by atoms with Crippen LogP contribution in [0.3, 0.4) is 0 Å². The first-order valence-electron chi connectivity index (χ1n) is 7.40. The number of hydrogen-bond donors (Lipinski definition) is 1. The van der Waals surface area contributed by atoms with Crippen molar-refractivity contribution in [3.63, 3.8) is 0 Å². The van der Waals surface area contributed by atoms with Crippen molar-refractivity contribution in [2.24, 2.45) is 11.7 Å². The lowest BCUT2D eigenvalue weighted by Crippen LogP contribution is -2.34. The van der Waals surface area contributed by atoms with E-state index in [0.717, 1.165) is 36.8 Å². The van der Waals surface area contributed by atoms with Crippen LogP contribution in [0.5, 0.6) is 5.75 Å². The summed E-state index contributed by atoms with van der Waals surface area (Å²) in [5, 5.41) is 0. The molecule has 1 heterocycles. The Hall–Kier alpha value is -1.13. The van der Waals surface area contributed by atoms with E-state index in [0.29, 0.717) is 4.99 Å². The molecule has 2 N–H and O–H groups in total. The standard InChI is InChI=1S/C16H24N2OS/c1-13-7-10-18(11-8-13)9-2-12-19-15-5-3-14(4-6-15)16(17)20/h3-6,13H,2,7-12H2,1H3,(H2,17,20). The van der Waals surface area contributed by atoms with E-state index in [-0.39, 0.29) is 0 Å². The van der Waals surface area contributed by atoms with Crippen molar-refractivity contribution >= 4 is 17.2 Å². The third-order valence-electron chi connectivity index (χ3n) is 3.90. The van der Waals surface area contributed by atoms with Crippen LogP contribution >= 0.6 is 12.2 Å². The van der Waals surface area contributed by atoms with Gasteiger partial charge in [0.25, 0.3) is 0 Å². The van der Waals surface area contributed by atoms with Crippen LogP contribution in [0.25, 0.3) is 0 Å². The molecule has 0 spiro atoms. The highest BCUT2D eigenvalue weighted by atomic mass is 32.1. The van der Waals surface area contributed by atoms with Gasteiger partial charge in [0, 0.05) is 12.1 Å². The number of nitrogens with two attached hydrogens (primary N) is 1. The fourth-order valence-corrected chi connectivity index (χ4v) is 2.62. The number of benzene rings is 1. The quantitative estimate of drug-likeness (QED) is 0.646. The fourth-order valence-electron chi connectivity index (χ4n) is 2.48. The van der Waals surface area contributed by atoms with Crippen LogP contribution in [0.1, 0.15) is 31.7 Å². The van der Waals surface area contributed by atoms with Crippen LogP contribution in [-0.2, 0) is 0 Å². The van der Waals surface area contributed by atoms with Gasteiger partial charge in [0.15, 0.2) is 0 Å². The summed E-state index contributed by atoms with van der Waals surface area (Å²) in [6.45, 7) is 6.72. The van der Waals surface area contributed by atoms with Crippen molar-refractivity contribution in [1.29, 1.82) is 0 Å². The molecule has 4 heteroatoms. The van der Waals surface area contributed by atoms with E-state index in [1.165, 1.54) is 25.9 Å². The molecule has 2 rings (SSSR count). The molecule has 0 atom stereocenters. The van der Waals surface area contributed by atoms with Gasteiger partial charge in [0.2, 0.25) is 0 Å². The zero-order valence-electron chi connectivity index (χ0n) is 12.2. The number of likely N-dealkylation sites (tertiary alicyclic amines) is 1. The van der Waals surface area contributed by atoms with Crippen LogP contribution in [0.15, 0.2) is 24.3 Å². The Labute approximate surface area is 127 Å². The first-order valence-corrected chi connectivity index (χ1v) is 7.81. The van der Waals surface area contributed by atoms with E-state index in [2.05, 4.69) is 11.8 Å². The highest BCUT2D eigenvalue weighted by Gasteiger charge is 2.14. The van der Waals surface area contributed by atoms with E-state index in [4.69, 9.17) is 22.7 Å². The van der Waals surface area contributed by atoms with Crippen molar-refractivity contribution in [2.45, 2.75) is 26.2 Å². The molecule has 0 aromatic heterocycles. The topological polar surface area (TPSA) is 38.5 Å². The number of piperidine rings is 1. The van der Waals surface area contributed by atoms with E-state index in [1.807, 2.05) is 24.3 Å². The largest absolute Gasteiger partial charge is 0.494 e. The first-order chi connectivity index (χ1) is 9.65. The highest BCUT2D eigenvalue weighted by Crippen LogP contribution is 2.16. The monoisotopic (exact) mass is 292 g/mol. The SMILES string of the molecule is CC1CCN(CCCOc2ccc(C(N)=S)cc2)CC1. The third kappa shape index (κ3) is 4.76. The summed E-state index contributed by atoms with van der Waals surface area (Å²) in [7, 11) is 0. The zero-order chi connectivity index (χ0) is 14.4. The second-order valence-corrected chi connectivity index (χ2v) is 6.05. The molecule has 0 radical (unpaired) electrons. The van der Waals surface area contributed by atoms with Gasteiger partial charge >= 0.3 is 0 Å². The summed E-state index contributed by atoms with van der Waals surface area (Å²) < 4.78 is 5.74. The van der Waals surface area contributed by atoms with Crippen LogP contribution in [0, 0.1) is 5.92 Å². The predicted octanol–water partition coefficient (Wildman–Crippen LogP) is 2.82. The van der Waals surface area contributed by atoms with Crippen LogP contribution in [-0.4, -0.2) is 36.1 Å². The highest BCUT2D eigenvalue weighted by molar-refractivity contribution is 7.80. The van der Waals surface area contributed by atoms with Crippen molar-refractivity contribution in [2.75, 3.05) is 26.2 Å². The van der Waals surface area contributed by atoms with Gasteiger partial charge in [-0.25, -0.2) is 0 Å². The molecule has 0 unspecified atom stereocenters. The van der Waals surface area contributed by atoms with Gasteiger partial charge in [-0.05, 0) is 62.5 Å². The Balaban J connectivity index is 1.64. The number of thiocarbonyl (C=S) groups is 1. The molecule has 1 aliphatic heterocycles. The van der Waals surface area contributed by atoms with Gasteiger partial charge < -0.3 is 15.4 Å². The Kier molecular flexibility index (Phi) is 5.80. The van der Waals surface area contributed by atoms with Gasteiger partial charge in [-0.3, -0.25) is 0 Å². The first kappa shape index (κ1) is 15.3. The fraction of sp³-hybridized carbons (Fsp3) is 0.562. The molecular formula is C16H24N2OS. The summed E-state index contributed by atoms with van der Waals surface area (Å²) in [5.74, 6) is 1.78. The van der Waals surface area contributed by atoms with Crippen molar-refractivity contribution in [3.05, 3.63) is 29.8 Å². The number of nitrogens with zero attached hydrogens (tertiary/aromatic N) is 1. The minimum absolute atomic E-state index is 0.427. The van der Waals surface area contributed by atoms with Crippen LogP contribution < -0.4 is 10.5 Å². The summed E-state index contributed by atoms with van der Waals surface area (Å²) in [5.41, 5.74) is 6.45. The summed E-state index contributed by atoms with van der Waals surface area (Å²) >= 11 is 4.92. The normalized spacial score (nSPS) is 17.1. The molecule has 0 amide bonds. The van der Waals surface area contributed by atoms with E-state index in [1.54, 1.807) is 0 Å².